The van der Waals surface area contributed by atoms with Crippen molar-refractivity contribution in [3.8, 4) is 5.69 Å². The van der Waals surface area contributed by atoms with Crippen LogP contribution in [0.5, 0.6) is 0 Å². The lowest BCUT2D eigenvalue weighted by molar-refractivity contribution is 0.0737. The van der Waals surface area contributed by atoms with Gasteiger partial charge in [-0.1, -0.05) is 18.2 Å². The third-order valence-electron chi connectivity index (χ3n) is 5.32. The molecule has 0 bridgehead atoms. The van der Waals surface area contributed by atoms with Crippen molar-refractivity contribution in [2.45, 2.75) is 24.9 Å². The van der Waals surface area contributed by atoms with Gasteiger partial charge in [-0.25, -0.2) is 9.97 Å². The van der Waals surface area contributed by atoms with Gasteiger partial charge in [-0.15, -0.1) is 0 Å². The Morgan fingerprint density at radius 2 is 2.04 bits per heavy atom. The zero-order valence-electron chi connectivity index (χ0n) is 13.8. The van der Waals surface area contributed by atoms with Gasteiger partial charge in [0.2, 0.25) is 0 Å². The molecule has 3 aromatic rings. The number of amides is 1. The normalized spacial score (nSPS) is 22.5. The number of likely N-dealkylation sites (tertiary alicyclic amines) is 1. The van der Waals surface area contributed by atoms with Crippen molar-refractivity contribution < 1.29 is 4.79 Å². The minimum atomic E-state index is 0.0693. The second kappa shape index (κ2) is 5.67. The Hall–Kier alpha value is -2.73. The van der Waals surface area contributed by atoms with Crippen molar-refractivity contribution in [2.75, 3.05) is 13.1 Å². The topological polar surface area (TPSA) is 63.1 Å². The highest BCUT2D eigenvalue weighted by molar-refractivity contribution is 5.97. The number of hydrogen-bond donors (Lipinski definition) is 1. The molecule has 1 amide bonds. The van der Waals surface area contributed by atoms with Crippen molar-refractivity contribution in [3.05, 3.63) is 54.5 Å². The first kappa shape index (κ1) is 14.6. The van der Waals surface area contributed by atoms with Crippen LogP contribution in [0.1, 0.15) is 23.2 Å². The number of fused-ring (bicyclic) bond motifs is 2. The van der Waals surface area contributed by atoms with Crippen LogP contribution in [0, 0.1) is 0 Å². The average Bonchev–Trinajstić information content (AvgIpc) is 3.36. The Bertz CT molecular complexity index is 935. The molecule has 0 unspecified atom stereocenters. The first-order chi connectivity index (χ1) is 12.3. The van der Waals surface area contributed by atoms with E-state index in [1.165, 1.54) is 0 Å². The highest BCUT2D eigenvalue weighted by Crippen LogP contribution is 2.27. The van der Waals surface area contributed by atoms with Gasteiger partial charge in [0, 0.05) is 30.5 Å². The Labute approximate surface area is 145 Å². The Morgan fingerprint density at radius 3 is 2.92 bits per heavy atom. The van der Waals surface area contributed by atoms with Gasteiger partial charge >= 0.3 is 0 Å². The van der Waals surface area contributed by atoms with E-state index < -0.39 is 0 Å². The SMILES string of the molecule is O=C(c1cnc2c(c1)ncn2-c1ccccc1)N1CC[C@@H]2NCC[C@@H]21. The van der Waals surface area contributed by atoms with E-state index in [4.69, 9.17) is 0 Å². The van der Waals surface area contributed by atoms with Gasteiger partial charge < -0.3 is 10.2 Å². The van der Waals surface area contributed by atoms with E-state index in [0.29, 0.717) is 17.6 Å². The van der Waals surface area contributed by atoms with Crippen LogP contribution in [0.2, 0.25) is 0 Å². The highest BCUT2D eigenvalue weighted by Gasteiger charge is 2.40. The summed E-state index contributed by atoms with van der Waals surface area (Å²) in [6.07, 6.45) is 5.51. The lowest BCUT2D eigenvalue weighted by atomic mass is 10.1. The summed E-state index contributed by atoms with van der Waals surface area (Å²) >= 11 is 0. The number of hydrogen-bond acceptors (Lipinski definition) is 4. The number of para-hydroxylation sites is 1. The molecule has 2 aliphatic rings. The van der Waals surface area contributed by atoms with E-state index in [2.05, 4.69) is 15.3 Å². The summed E-state index contributed by atoms with van der Waals surface area (Å²) in [6, 6.07) is 12.6. The molecule has 2 aromatic heterocycles. The minimum Gasteiger partial charge on any atom is -0.334 e. The van der Waals surface area contributed by atoms with Crippen molar-refractivity contribution in [1.29, 1.82) is 0 Å². The summed E-state index contributed by atoms with van der Waals surface area (Å²) < 4.78 is 1.94. The van der Waals surface area contributed by atoms with Crippen molar-refractivity contribution in [3.63, 3.8) is 0 Å². The van der Waals surface area contributed by atoms with Crippen LogP contribution >= 0.6 is 0 Å². The van der Waals surface area contributed by atoms with E-state index in [-0.39, 0.29) is 5.91 Å². The molecular formula is C19H19N5O. The van der Waals surface area contributed by atoms with Crippen LogP contribution < -0.4 is 5.32 Å². The monoisotopic (exact) mass is 333 g/mol. The lowest BCUT2D eigenvalue weighted by Gasteiger charge is -2.23. The standard InChI is InChI=1S/C19H19N5O/c25-19(23-9-7-15-17(23)6-8-20-15)13-10-16-18(21-11-13)24(12-22-16)14-4-2-1-3-5-14/h1-5,10-12,15,17,20H,6-9H2/t15-,17-/m0/s1. The first-order valence-electron chi connectivity index (χ1n) is 8.74. The number of carbonyl (C=O) groups is 1. The van der Waals surface area contributed by atoms with E-state index in [1.54, 1.807) is 12.5 Å². The van der Waals surface area contributed by atoms with Crippen molar-refractivity contribution in [1.82, 2.24) is 24.8 Å². The van der Waals surface area contributed by atoms with Crippen LogP contribution in [0.25, 0.3) is 16.9 Å². The van der Waals surface area contributed by atoms with Gasteiger partial charge in [0.15, 0.2) is 5.65 Å². The van der Waals surface area contributed by atoms with Gasteiger partial charge in [-0.05, 0) is 37.6 Å². The van der Waals surface area contributed by atoms with Crippen molar-refractivity contribution >= 4 is 17.1 Å². The molecule has 1 aromatic carbocycles. The second-order valence-electron chi connectivity index (χ2n) is 6.72. The molecule has 0 saturated carbocycles. The summed E-state index contributed by atoms with van der Waals surface area (Å²) in [7, 11) is 0. The van der Waals surface area contributed by atoms with Gasteiger partial charge in [0.05, 0.1) is 5.56 Å². The molecule has 6 heteroatoms. The molecule has 0 radical (unpaired) electrons. The Morgan fingerprint density at radius 1 is 1.16 bits per heavy atom. The fraction of sp³-hybridized carbons (Fsp3) is 0.316. The number of imidazole rings is 1. The van der Waals surface area contributed by atoms with E-state index in [1.807, 2.05) is 45.9 Å². The molecule has 2 aliphatic heterocycles. The maximum Gasteiger partial charge on any atom is 0.255 e. The largest absolute Gasteiger partial charge is 0.334 e. The zero-order valence-corrected chi connectivity index (χ0v) is 13.8. The summed E-state index contributed by atoms with van der Waals surface area (Å²) in [6.45, 7) is 1.82. The van der Waals surface area contributed by atoms with E-state index in [0.717, 1.165) is 42.8 Å². The maximum absolute atomic E-state index is 12.9. The van der Waals surface area contributed by atoms with Gasteiger partial charge in [0.1, 0.15) is 11.8 Å². The van der Waals surface area contributed by atoms with Gasteiger partial charge in [-0.2, -0.15) is 0 Å². The van der Waals surface area contributed by atoms with Crippen LogP contribution in [0.3, 0.4) is 0 Å². The average molecular weight is 333 g/mol. The molecular weight excluding hydrogens is 314 g/mol. The van der Waals surface area contributed by atoms with Crippen LogP contribution in [0.15, 0.2) is 48.9 Å². The van der Waals surface area contributed by atoms with Gasteiger partial charge in [0.25, 0.3) is 5.91 Å². The smallest absolute Gasteiger partial charge is 0.255 e. The molecule has 0 aliphatic carbocycles. The number of aromatic nitrogens is 3. The van der Waals surface area contributed by atoms with E-state index in [9.17, 15) is 4.79 Å². The number of carbonyl (C=O) groups excluding carboxylic acids is 1. The molecule has 6 nitrogen and oxygen atoms in total. The number of benzene rings is 1. The third kappa shape index (κ3) is 2.33. The number of rotatable bonds is 2. The predicted octanol–water partition coefficient (Wildman–Crippen LogP) is 2.00. The zero-order chi connectivity index (χ0) is 16.8. The molecule has 2 atom stereocenters. The summed E-state index contributed by atoms with van der Waals surface area (Å²) in [5.41, 5.74) is 3.15. The highest BCUT2D eigenvalue weighted by atomic mass is 16.2. The second-order valence-corrected chi connectivity index (χ2v) is 6.72. The Kier molecular flexibility index (Phi) is 3.31. The third-order valence-corrected chi connectivity index (χ3v) is 5.32. The predicted molar refractivity (Wildman–Crippen MR) is 94.7 cm³/mol. The van der Waals surface area contributed by atoms with Gasteiger partial charge in [-0.3, -0.25) is 9.36 Å². The van der Waals surface area contributed by atoms with E-state index >= 15 is 0 Å². The first-order valence-corrected chi connectivity index (χ1v) is 8.74. The number of pyridine rings is 1. The quantitative estimate of drug-likeness (QED) is 0.779. The molecule has 1 N–H and O–H groups in total. The fourth-order valence-electron chi connectivity index (χ4n) is 4.08. The summed E-state index contributed by atoms with van der Waals surface area (Å²) in [4.78, 5) is 23.9. The van der Waals surface area contributed by atoms with Crippen molar-refractivity contribution in [2.24, 2.45) is 0 Å². The Balaban J connectivity index is 1.48. The molecule has 5 rings (SSSR count). The number of nitrogens with one attached hydrogen (secondary N) is 1. The fourth-order valence-corrected chi connectivity index (χ4v) is 4.08. The number of nitrogens with zero attached hydrogens (tertiary/aromatic N) is 4. The lowest BCUT2D eigenvalue weighted by Crippen LogP contribution is -2.38. The molecule has 0 spiro atoms. The summed E-state index contributed by atoms with van der Waals surface area (Å²) in [5.74, 6) is 0.0693. The molecule has 25 heavy (non-hydrogen) atoms. The molecule has 2 saturated heterocycles. The molecule has 126 valence electrons. The minimum absolute atomic E-state index is 0.0693. The maximum atomic E-state index is 12.9. The van der Waals surface area contributed by atoms with Crippen LogP contribution in [0.4, 0.5) is 0 Å². The molecule has 4 heterocycles. The molecule has 2 fully saturated rings. The summed E-state index contributed by atoms with van der Waals surface area (Å²) in [5, 5.41) is 3.48. The van der Waals surface area contributed by atoms with Crippen LogP contribution in [-0.4, -0.2) is 50.5 Å². The van der Waals surface area contributed by atoms with Crippen LogP contribution in [-0.2, 0) is 0 Å².